The van der Waals surface area contributed by atoms with Gasteiger partial charge in [-0.25, -0.2) is 0 Å². The average molecular weight is 304 g/mol. The van der Waals surface area contributed by atoms with Gasteiger partial charge >= 0.3 is 0 Å². The number of benzene rings is 1. The lowest BCUT2D eigenvalue weighted by Crippen LogP contribution is -2.25. The molecule has 0 aliphatic heterocycles. The lowest BCUT2D eigenvalue weighted by Gasteiger charge is -2.08. The van der Waals surface area contributed by atoms with E-state index in [1.54, 1.807) is 0 Å². The third-order valence-corrected chi connectivity index (χ3v) is 3.96. The first-order chi connectivity index (χ1) is 10.2. The molecule has 0 aliphatic carbocycles. The lowest BCUT2D eigenvalue weighted by molar-refractivity contribution is -0.118. The first-order valence-electron chi connectivity index (χ1n) is 7.04. The van der Waals surface area contributed by atoms with Gasteiger partial charge in [-0.15, -0.1) is 10.2 Å². The summed E-state index contributed by atoms with van der Waals surface area (Å²) in [5.74, 6) is 1.26. The maximum Gasteiger partial charge on any atom is 0.230 e. The van der Waals surface area contributed by atoms with Crippen LogP contribution in [0, 0.1) is 6.92 Å². The fourth-order valence-electron chi connectivity index (χ4n) is 1.86. The summed E-state index contributed by atoms with van der Waals surface area (Å²) < 4.78 is 2.03. The molecule has 2 aromatic rings. The van der Waals surface area contributed by atoms with E-state index in [1.807, 2.05) is 36.6 Å². The van der Waals surface area contributed by atoms with Crippen LogP contribution in [0.2, 0.25) is 0 Å². The zero-order chi connectivity index (χ0) is 15.1. The fraction of sp³-hybridized carbons (Fsp3) is 0.400. The van der Waals surface area contributed by atoms with Crippen molar-refractivity contribution < 1.29 is 4.79 Å². The van der Waals surface area contributed by atoms with Crippen molar-refractivity contribution in [3.63, 3.8) is 0 Å². The molecule has 0 saturated heterocycles. The number of nitrogens with zero attached hydrogens (tertiary/aromatic N) is 3. The molecule has 1 aromatic carbocycles. The molecule has 0 saturated carbocycles. The summed E-state index contributed by atoms with van der Waals surface area (Å²) in [7, 11) is 0. The zero-order valence-corrected chi connectivity index (χ0v) is 13.2. The van der Waals surface area contributed by atoms with Gasteiger partial charge < -0.3 is 9.88 Å². The number of hydrogen-bond acceptors (Lipinski definition) is 4. The summed E-state index contributed by atoms with van der Waals surface area (Å²) >= 11 is 1.42. The molecule has 0 unspecified atom stereocenters. The molecule has 112 valence electrons. The Morgan fingerprint density at radius 3 is 2.76 bits per heavy atom. The molecule has 1 amide bonds. The molecule has 0 bridgehead atoms. The number of hydrogen-bond donors (Lipinski definition) is 1. The number of aryl methyl sites for hydroxylation is 1. The summed E-state index contributed by atoms with van der Waals surface area (Å²) in [4.78, 5) is 11.7. The Morgan fingerprint density at radius 2 is 2.05 bits per heavy atom. The maximum atomic E-state index is 11.7. The number of amides is 1. The molecule has 1 N–H and O–H groups in total. The molecule has 1 heterocycles. The second-order valence-corrected chi connectivity index (χ2v) is 5.68. The van der Waals surface area contributed by atoms with Crippen molar-refractivity contribution in [1.82, 2.24) is 20.1 Å². The van der Waals surface area contributed by atoms with Gasteiger partial charge in [0.25, 0.3) is 0 Å². The van der Waals surface area contributed by atoms with Gasteiger partial charge in [0.05, 0.1) is 12.3 Å². The van der Waals surface area contributed by atoms with E-state index in [2.05, 4.69) is 27.6 Å². The molecule has 6 heteroatoms. The minimum absolute atomic E-state index is 0.0359. The summed E-state index contributed by atoms with van der Waals surface area (Å²) in [6, 6.07) is 10.2. The second kappa shape index (κ2) is 7.83. The highest BCUT2D eigenvalue weighted by atomic mass is 32.2. The van der Waals surface area contributed by atoms with Crippen molar-refractivity contribution in [2.45, 2.75) is 32.0 Å². The van der Waals surface area contributed by atoms with Gasteiger partial charge in [0.15, 0.2) is 5.16 Å². The summed E-state index contributed by atoms with van der Waals surface area (Å²) in [5.41, 5.74) is 1.19. The van der Waals surface area contributed by atoms with Crippen molar-refractivity contribution in [3.05, 3.63) is 41.7 Å². The summed E-state index contributed by atoms with van der Waals surface area (Å²) in [5, 5.41) is 11.9. The fourth-order valence-corrected chi connectivity index (χ4v) is 2.68. The average Bonchev–Trinajstić information content (AvgIpc) is 2.85. The van der Waals surface area contributed by atoms with Gasteiger partial charge in [0.1, 0.15) is 5.82 Å². The smallest absolute Gasteiger partial charge is 0.230 e. The van der Waals surface area contributed by atoms with Crippen molar-refractivity contribution in [3.8, 4) is 0 Å². The van der Waals surface area contributed by atoms with Crippen LogP contribution in [-0.2, 0) is 11.3 Å². The standard InChI is InChI=1S/C15H20N4OS/c1-3-9-16-14(20)11-21-15-18-17-12(2)19(15)10-13-7-5-4-6-8-13/h4-8H,3,9-11H2,1-2H3,(H,16,20). The van der Waals surface area contributed by atoms with Crippen LogP contribution in [0.5, 0.6) is 0 Å². The number of rotatable bonds is 7. The molecule has 0 spiro atoms. The monoisotopic (exact) mass is 304 g/mol. The molecule has 0 radical (unpaired) electrons. The minimum Gasteiger partial charge on any atom is -0.355 e. The Kier molecular flexibility index (Phi) is 5.80. The van der Waals surface area contributed by atoms with Crippen LogP contribution in [0.4, 0.5) is 0 Å². The minimum atomic E-state index is 0.0359. The number of nitrogens with one attached hydrogen (secondary N) is 1. The van der Waals surface area contributed by atoms with E-state index >= 15 is 0 Å². The molecule has 0 fully saturated rings. The predicted molar refractivity (Wildman–Crippen MR) is 84.3 cm³/mol. The van der Waals surface area contributed by atoms with Crippen LogP contribution in [0.1, 0.15) is 24.7 Å². The van der Waals surface area contributed by atoms with E-state index in [0.717, 1.165) is 30.5 Å². The van der Waals surface area contributed by atoms with Crippen molar-refractivity contribution in [1.29, 1.82) is 0 Å². The number of thioether (sulfide) groups is 1. The molecule has 2 rings (SSSR count). The van der Waals surface area contributed by atoms with E-state index < -0.39 is 0 Å². The highest BCUT2D eigenvalue weighted by Gasteiger charge is 2.11. The topological polar surface area (TPSA) is 59.8 Å². The van der Waals surface area contributed by atoms with E-state index in [1.165, 1.54) is 17.3 Å². The number of aromatic nitrogens is 3. The van der Waals surface area contributed by atoms with E-state index in [9.17, 15) is 4.79 Å². The maximum absolute atomic E-state index is 11.7. The molecule has 5 nitrogen and oxygen atoms in total. The first kappa shape index (κ1) is 15.6. The van der Waals surface area contributed by atoms with Crippen molar-refractivity contribution in [2.24, 2.45) is 0 Å². The Hall–Kier alpha value is -1.82. The van der Waals surface area contributed by atoms with Crippen LogP contribution in [0.15, 0.2) is 35.5 Å². The Morgan fingerprint density at radius 1 is 1.29 bits per heavy atom. The third kappa shape index (κ3) is 4.60. The first-order valence-corrected chi connectivity index (χ1v) is 8.02. The molecule has 0 aliphatic rings. The van der Waals surface area contributed by atoms with Crippen LogP contribution >= 0.6 is 11.8 Å². The number of carbonyl (C=O) groups excluding carboxylic acids is 1. The molecule has 0 atom stereocenters. The summed E-state index contributed by atoms with van der Waals surface area (Å²) in [6.45, 7) is 5.40. The second-order valence-electron chi connectivity index (χ2n) is 4.74. The molecular weight excluding hydrogens is 284 g/mol. The van der Waals surface area contributed by atoms with E-state index in [-0.39, 0.29) is 5.91 Å². The molecular formula is C15H20N4OS. The lowest BCUT2D eigenvalue weighted by atomic mass is 10.2. The molecule has 21 heavy (non-hydrogen) atoms. The van der Waals surface area contributed by atoms with Crippen LogP contribution < -0.4 is 5.32 Å². The van der Waals surface area contributed by atoms with Gasteiger partial charge in [0.2, 0.25) is 5.91 Å². The van der Waals surface area contributed by atoms with Gasteiger partial charge in [-0.1, -0.05) is 49.0 Å². The van der Waals surface area contributed by atoms with Gasteiger partial charge in [-0.3, -0.25) is 4.79 Å². The normalized spacial score (nSPS) is 10.6. The summed E-state index contributed by atoms with van der Waals surface area (Å²) in [6.07, 6.45) is 0.944. The van der Waals surface area contributed by atoms with Gasteiger partial charge in [-0.05, 0) is 18.9 Å². The van der Waals surface area contributed by atoms with E-state index in [4.69, 9.17) is 0 Å². The highest BCUT2D eigenvalue weighted by molar-refractivity contribution is 7.99. The van der Waals surface area contributed by atoms with Crippen LogP contribution in [0.3, 0.4) is 0 Å². The highest BCUT2D eigenvalue weighted by Crippen LogP contribution is 2.18. The Bertz CT molecular complexity index is 583. The number of carbonyl (C=O) groups is 1. The SMILES string of the molecule is CCCNC(=O)CSc1nnc(C)n1Cc1ccccc1. The van der Waals surface area contributed by atoms with Crippen LogP contribution in [0.25, 0.3) is 0 Å². The van der Waals surface area contributed by atoms with Crippen molar-refractivity contribution in [2.75, 3.05) is 12.3 Å². The quantitative estimate of drug-likeness (QED) is 0.797. The Balaban J connectivity index is 1.99. The third-order valence-electron chi connectivity index (χ3n) is 2.99. The van der Waals surface area contributed by atoms with E-state index in [0.29, 0.717) is 5.75 Å². The van der Waals surface area contributed by atoms with Gasteiger partial charge in [0, 0.05) is 6.54 Å². The predicted octanol–water partition coefficient (Wildman–Crippen LogP) is 2.25. The van der Waals surface area contributed by atoms with Gasteiger partial charge in [-0.2, -0.15) is 0 Å². The van der Waals surface area contributed by atoms with Crippen LogP contribution in [-0.4, -0.2) is 33.0 Å². The molecule has 1 aromatic heterocycles. The van der Waals surface area contributed by atoms with Crippen molar-refractivity contribution >= 4 is 17.7 Å². The Labute approximate surface area is 129 Å². The largest absolute Gasteiger partial charge is 0.355 e. The zero-order valence-electron chi connectivity index (χ0n) is 12.4.